The number of carboxylic acid groups (broad SMARTS) is 1. The van der Waals surface area contributed by atoms with Crippen LogP contribution >= 0.6 is 0 Å². The SMILES string of the molecule is CCCCCCCCCC(C)CC(N)C(=O)O. The van der Waals surface area contributed by atoms with Gasteiger partial charge >= 0.3 is 5.97 Å². The summed E-state index contributed by atoms with van der Waals surface area (Å²) in [6, 6.07) is -0.686. The smallest absolute Gasteiger partial charge is 0.320 e. The van der Waals surface area contributed by atoms with E-state index in [4.69, 9.17) is 10.8 Å². The summed E-state index contributed by atoms with van der Waals surface area (Å²) < 4.78 is 0. The maximum absolute atomic E-state index is 10.6. The van der Waals surface area contributed by atoms with Crippen molar-refractivity contribution in [2.75, 3.05) is 0 Å². The number of nitrogens with two attached hydrogens (primary N) is 1. The molecule has 0 aliphatic carbocycles. The highest BCUT2D eigenvalue weighted by molar-refractivity contribution is 5.72. The monoisotopic (exact) mass is 243 g/mol. The number of aliphatic carboxylic acids is 1. The molecule has 2 atom stereocenters. The summed E-state index contributed by atoms with van der Waals surface area (Å²) in [5.41, 5.74) is 5.50. The molecule has 0 saturated heterocycles. The third-order valence-electron chi connectivity index (χ3n) is 3.27. The van der Waals surface area contributed by atoms with Crippen LogP contribution in [0.3, 0.4) is 0 Å². The van der Waals surface area contributed by atoms with Gasteiger partial charge in [0.2, 0.25) is 0 Å². The fourth-order valence-corrected chi connectivity index (χ4v) is 2.10. The summed E-state index contributed by atoms with van der Waals surface area (Å²) in [5.74, 6) is -0.451. The predicted octanol–water partition coefficient (Wildman–Crippen LogP) is 3.57. The van der Waals surface area contributed by atoms with Crippen LogP contribution in [0, 0.1) is 5.92 Å². The molecule has 0 aromatic carbocycles. The van der Waals surface area contributed by atoms with E-state index in [0.717, 1.165) is 6.42 Å². The second-order valence-corrected chi connectivity index (χ2v) is 5.20. The Morgan fingerprint density at radius 3 is 2.18 bits per heavy atom. The van der Waals surface area contributed by atoms with Crippen molar-refractivity contribution in [3.8, 4) is 0 Å². The number of rotatable bonds is 11. The first-order valence-corrected chi connectivity index (χ1v) is 7.06. The summed E-state index contributed by atoms with van der Waals surface area (Å²) in [5, 5.41) is 8.70. The minimum atomic E-state index is -0.878. The third kappa shape index (κ3) is 10.3. The lowest BCUT2D eigenvalue weighted by molar-refractivity contribution is -0.138. The third-order valence-corrected chi connectivity index (χ3v) is 3.27. The van der Waals surface area contributed by atoms with E-state index in [0.29, 0.717) is 12.3 Å². The number of hydrogen-bond donors (Lipinski definition) is 2. The predicted molar refractivity (Wildman–Crippen MR) is 72.0 cm³/mol. The van der Waals surface area contributed by atoms with Gasteiger partial charge in [-0.05, 0) is 12.3 Å². The zero-order valence-electron chi connectivity index (χ0n) is 11.5. The maximum atomic E-state index is 10.6. The Kier molecular flexibility index (Phi) is 10.2. The number of carbonyl (C=O) groups is 1. The molecule has 0 aliphatic rings. The highest BCUT2D eigenvalue weighted by Crippen LogP contribution is 2.16. The van der Waals surface area contributed by atoms with E-state index in [1.165, 1.54) is 44.9 Å². The van der Waals surface area contributed by atoms with Crippen LogP contribution < -0.4 is 5.73 Å². The van der Waals surface area contributed by atoms with Crippen LogP contribution in [0.4, 0.5) is 0 Å². The maximum Gasteiger partial charge on any atom is 0.320 e. The quantitative estimate of drug-likeness (QED) is 0.545. The molecule has 0 spiro atoms. The van der Waals surface area contributed by atoms with E-state index < -0.39 is 12.0 Å². The van der Waals surface area contributed by atoms with Crippen LogP contribution in [0.25, 0.3) is 0 Å². The second-order valence-electron chi connectivity index (χ2n) is 5.20. The first-order chi connectivity index (χ1) is 8.07. The molecule has 0 aliphatic heterocycles. The number of unbranched alkanes of at least 4 members (excludes halogenated alkanes) is 6. The van der Waals surface area contributed by atoms with Crippen molar-refractivity contribution in [3.63, 3.8) is 0 Å². The Labute approximate surface area is 106 Å². The van der Waals surface area contributed by atoms with Gasteiger partial charge in [-0.2, -0.15) is 0 Å². The molecule has 0 bridgehead atoms. The second kappa shape index (κ2) is 10.6. The van der Waals surface area contributed by atoms with Crippen molar-refractivity contribution in [1.82, 2.24) is 0 Å². The zero-order chi connectivity index (χ0) is 13.1. The van der Waals surface area contributed by atoms with E-state index >= 15 is 0 Å². The molecule has 0 heterocycles. The summed E-state index contributed by atoms with van der Waals surface area (Å²) in [7, 11) is 0. The van der Waals surface area contributed by atoms with Gasteiger partial charge in [0.15, 0.2) is 0 Å². The van der Waals surface area contributed by atoms with E-state index in [1.807, 2.05) is 0 Å². The van der Waals surface area contributed by atoms with Crippen LogP contribution in [-0.2, 0) is 4.79 Å². The van der Waals surface area contributed by atoms with E-state index in [-0.39, 0.29) is 0 Å². The highest BCUT2D eigenvalue weighted by Gasteiger charge is 2.14. The largest absolute Gasteiger partial charge is 0.480 e. The highest BCUT2D eigenvalue weighted by atomic mass is 16.4. The van der Waals surface area contributed by atoms with Crippen molar-refractivity contribution >= 4 is 5.97 Å². The van der Waals surface area contributed by atoms with Gasteiger partial charge in [-0.1, -0.05) is 65.2 Å². The van der Waals surface area contributed by atoms with E-state index in [2.05, 4.69) is 13.8 Å². The first kappa shape index (κ1) is 16.4. The lowest BCUT2D eigenvalue weighted by atomic mass is 9.95. The molecule has 0 amide bonds. The van der Waals surface area contributed by atoms with Gasteiger partial charge in [-0.25, -0.2) is 0 Å². The topological polar surface area (TPSA) is 63.3 Å². The molecule has 0 rings (SSSR count). The van der Waals surface area contributed by atoms with Crippen molar-refractivity contribution in [3.05, 3.63) is 0 Å². The van der Waals surface area contributed by atoms with Crippen molar-refractivity contribution in [2.45, 2.75) is 77.7 Å². The fraction of sp³-hybridized carbons (Fsp3) is 0.929. The average Bonchev–Trinajstić information content (AvgIpc) is 2.27. The van der Waals surface area contributed by atoms with Gasteiger partial charge in [-0.15, -0.1) is 0 Å². The Morgan fingerprint density at radius 2 is 1.65 bits per heavy atom. The van der Waals surface area contributed by atoms with Crippen LogP contribution in [-0.4, -0.2) is 17.1 Å². The lowest BCUT2D eigenvalue weighted by Gasteiger charge is -2.13. The molecule has 3 nitrogen and oxygen atoms in total. The minimum absolute atomic E-state index is 0.428. The van der Waals surface area contributed by atoms with Crippen LogP contribution in [0.5, 0.6) is 0 Å². The average molecular weight is 243 g/mol. The van der Waals surface area contributed by atoms with Gasteiger partial charge in [0.25, 0.3) is 0 Å². The van der Waals surface area contributed by atoms with Gasteiger partial charge in [-0.3, -0.25) is 4.79 Å². The summed E-state index contributed by atoms with van der Waals surface area (Å²) in [6.45, 7) is 4.33. The van der Waals surface area contributed by atoms with Gasteiger partial charge in [0, 0.05) is 0 Å². The number of hydrogen-bond acceptors (Lipinski definition) is 2. The molecule has 3 heteroatoms. The molecule has 3 N–H and O–H groups in total. The number of carboxylic acids is 1. The molecule has 102 valence electrons. The Hall–Kier alpha value is -0.570. The lowest BCUT2D eigenvalue weighted by Crippen LogP contribution is -2.31. The fourth-order valence-electron chi connectivity index (χ4n) is 2.10. The Balaban J connectivity index is 3.33. The van der Waals surface area contributed by atoms with Crippen LogP contribution in [0.2, 0.25) is 0 Å². The molecule has 0 aromatic heterocycles. The van der Waals surface area contributed by atoms with Crippen LogP contribution in [0.1, 0.15) is 71.6 Å². The van der Waals surface area contributed by atoms with Crippen LogP contribution in [0.15, 0.2) is 0 Å². The van der Waals surface area contributed by atoms with Crippen molar-refractivity contribution in [2.24, 2.45) is 11.7 Å². The van der Waals surface area contributed by atoms with Gasteiger partial charge < -0.3 is 10.8 Å². The molecule has 0 aromatic rings. The van der Waals surface area contributed by atoms with Gasteiger partial charge in [0.05, 0.1) is 0 Å². The molecule has 0 saturated carbocycles. The molecular weight excluding hydrogens is 214 g/mol. The molecule has 17 heavy (non-hydrogen) atoms. The molecule has 0 fully saturated rings. The van der Waals surface area contributed by atoms with Crippen molar-refractivity contribution in [1.29, 1.82) is 0 Å². The van der Waals surface area contributed by atoms with E-state index in [9.17, 15) is 4.79 Å². The van der Waals surface area contributed by atoms with Crippen molar-refractivity contribution < 1.29 is 9.90 Å². The summed E-state index contributed by atoms with van der Waals surface area (Å²) >= 11 is 0. The molecule has 2 unspecified atom stereocenters. The standard InChI is InChI=1S/C14H29NO2/c1-3-4-5-6-7-8-9-10-12(2)11-13(15)14(16)17/h12-13H,3-11,15H2,1-2H3,(H,16,17). The first-order valence-electron chi connectivity index (χ1n) is 7.06. The molecule has 0 radical (unpaired) electrons. The minimum Gasteiger partial charge on any atom is -0.480 e. The zero-order valence-corrected chi connectivity index (χ0v) is 11.5. The molecular formula is C14H29NO2. The summed E-state index contributed by atoms with van der Waals surface area (Å²) in [6.07, 6.45) is 10.9. The summed E-state index contributed by atoms with van der Waals surface area (Å²) in [4.78, 5) is 10.6. The normalized spacial score (nSPS) is 14.5. The van der Waals surface area contributed by atoms with E-state index in [1.54, 1.807) is 0 Å². The van der Waals surface area contributed by atoms with Gasteiger partial charge in [0.1, 0.15) is 6.04 Å². The Morgan fingerprint density at radius 1 is 1.12 bits per heavy atom. The Bertz CT molecular complexity index is 195.